The van der Waals surface area contributed by atoms with Crippen molar-refractivity contribution in [1.82, 2.24) is 4.31 Å². The van der Waals surface area contributed by atoms with Crippen molar-refractivity contribution in [1.29, 1.82) is 0 Å². The molecule has 1 rings (SSSR count). The summed E-state index contributed by atoms with van der Waals surface area (Å²) in [6, 6.07) is -0.362. The number of carbonyl (C=O) groups is 1. The fourth-order valence-corrected chi connectivity index (χ4v) is 3.51. The molecule has 0 saturated carbocycles. The van der Waals surface area contributed by atoms with Crippen LogP contribution in [0.3, 0.4) is 0 Å². The molecule has 6 heteroatoms. The molecule has 1 unspecified atom stereocenters. The van der Waals surface area contributed by atoms with Crippen LogP contribution in [0.1, 0.15) is 39.5 Å². The highest BCUT2D eigenvalue weighted by atomic mass is 32.2. The predicted octanol–water partition coefficient (Wildman–Crippen LogP) is 1.05. The summed E-state index contributed by atoms with van der Waals surface area (Å²) in [6.07, 6.45) is 2.29. The largest absolute Gasteiger partial charge is 0.481 e. The minimum absolute atomic E-state index is 0.0913. The summed E-state index contributed by atoms with van der Waals surface area (Å²) in [4.78, 5) is 10.7. The first kappa shape index (κ1) is 13.4. The standard InChI is InChI=1S/C10H19NO4S/c1-8(2)16(14,15)11-6-4-3-5-9(11)7-10(12)13/h8-9H,3-7H2,1-2H3,(H,12,13). The van der Waals surface area contributed by atoms with Crippen LogP contribution < -0.4 is 0 Å². The molecule has 1 N–H and O–H groups in total. The van der Waals surface area contributed by atoms with Crippen LogP contribution in [0.25, 0.3) is 0 Å². The molecule has 0 spiro atoms. The summed E-state index contributed by atoms with van der Waals surface area (Å²) in [5.74, 6) is -0.934. The second-order valence-corrected chi connectivity index (χ2v) is 6.89. The zero-order valence-electron chi connectivity index (χ0n) is 9.72. The van der Waals surface area contributed by atoms with E-state index >= 15 is 0 Å². The molecule has 0 aliphatic carbocycles. The molecule has 0 aromatic rings. The molecule has 0 radical (unpaired) electrons. The summed E-state index contributed by atoms with van der Waals surface area (Å²) >= 11 is 0. The number of rotatable bonds is 4. The van der Waals surface area contributed by atoms with Gasteiger partial charge in [0, 0.05) is 12.6 Å². The van der Waals surface area contributed by atoms with Gasteiger partial charge in [-0.15, -0.1) is 0 Å². The van der Waals surface area contributed by atoms with E-state index in [0.717, 1.165) is 12.8 Å². The van der Waals surface area contributed by atoms with Crippen LogP contribution in [0.5, 0.6) is 0 Å². The number of hydrogen-bond acceptors (Lipinski definition) is 3. The number of carboxylic acids is 1. The SMILES string of the molecule is CC(C)S(=O)(=O)N1CCCCC1CC(=O)O. The Bertz CT molecular complexity index is 350. The van der Waals surface area contributed by atoms with Gasteiger partial charge >= 0.3 is 5.97 Å². The highest BCUT2D eigenvalue weighted by molar-refractivity contribution is 7.89. The summed E-state index contributed by atoms with van der Waals surface area (Å²) in [5, 5.41) is 8.28. The summed E-state index contributed by atoms with van der Waals surface area (Å²) in [6.45, 7) is 3.71. The molecule has 0 aromatic heterocycles. The minimum atomic E-state index is -3.32. The van der Waals surface area contributed by atoms with Crippen molar-refractivity contribution >= 4 is 16.0 Å². The lowest BCUT2D eigenvalue weighted by atomic mass is 10.0. The topological polar surface area (TPSA) is 74.7 Å². The minimum Gasteiger partial charge on any atom is -0.481 e. The number of aliphatic carboxylic acids is 1. The summed E-state index contributed by atoms with van der Waals surface area (Å²) in [5.41, 5.74) is 0. The highest BCUT2D eigenvalue weighted by Crippen LogP contribution is 2.24. The molecule has 1 heterocycles. The number of nitrogens with zero attached hydrogens (tertiary/aromatic N) is 1. The van der Waals surface area contributed by atoms with Crippen LogP contribution in [0.4, 0.5) is 0 Å². The Balaban J connectivity index is 2.86. The summed E-state index contributed by atoms with van der Waals surface area (Å²) < 4.78 is 25.4. The van der Waals surface area contributed by atoms with Crippen molar-refractivity contribution < 1.29 is 18.3 Å². The van der Waals surface area contributed by atoms with Crippen LogP contribution >= 0.6 is 0 Å². The Morgan fingerprint density at radius 2 is 2.06 bits per heavy atom. The van der Waals surface area contributed by atoms with Gasteiger partial charge in [0.25, 0.3) is 0 Å². The normalized spacial score (nSPS) is 23.6. The van der Waals surface area contributed by atoms with E-state index in [1.165, 1.54) is 4.31 Å². The maximum absolute atomic E-state index is 12.0. The molecule has 0 aromatic carbocycles. The lowest BCUT2D eigenvalue weighted by molar-refractivity contribution is -0.138. The van der Waals surface area contributed by atoms with E-state index in [9.17, 15) is 13.2 Å². The molecule has 0 bridgehead atoms. The van der Waals surface area contributed by atoms with E-state index in [4.69, 9.17) is 5.11 Å². The Morgan fingerprint density at radius 1 is 1.44 bits per heavy atom. The Hall–Kier alpha value is -0.620. The smallest absolute Gasteiger partial charge is 0.304 e. The van der Waals surface area contributed by atoms with E-state index in [0.29, 0.717) is 13.0 Å². The third kappa shape index (κ3) is 2.95. The lowest BCUT2D eigenvalue weighted by Crippen LogP contribution is -2.47. The zero-order valence-corrected chi connectivity index (χ0v) is 10.5. The molecule has 1 saturated heterocycles. The fourth-order valence-electron chi connectivity index (χ4n) is 1.99. The van der Waals surface area contributed by atoms with Gasteiger partial charge in [0.2, 0.25) is 10.0 Å². The van der Waals surface area contributed by atoms with E-state index < -0.39 is 21.2 Å². The van der Waals surface area contributed by atoms with Gasteiger partial charge in [-0.05, 0) is 26.7 Å². The Morgan fingerprint density at radius 3 is 2.56 bits per heavy atom. The molecule has 1 fully saturated rings. The molecular formula is C10H19NO4S. The van der Waals surface area contributed by atoms with Gasteiger partial charge in [-0.25, -0.2) is 8.42 Å². The second kappa shape index (κ2) is 5.14. The third-order valence-electron chi connectivity index (χ3n) is 2.91. The van der Waals surface area contributed by atoms with Crippen molar-refractivity contribution in [2.75, 3.05) is 6.54 Å². The van der Waals surface area contributed by atoms with E-state index in [1.54, 1.807) is 13.8 Å². The van der Waals surface area contributed by atoms with E-state index in [1.807, 2.05) is 0 Å². The molecule has 1 aliphatic rings. The number of piperidine rings is 1. The average Bonchev–Trinajstić information content (AvgIpc) is 2.17. The fraction of sp³-hybridized carbons (Fsp3) is 0.900. The highest BCUT2D eigenvalue weighted by Gasteiger charge is 2.35. The quantitative estimate of drug-likeness (QED) is 0.808. The average molecular weight is 249 g/mol. The van der Waals surface area contributed by atoms with Gasteiger partial charge in [0.15, 0.2) is 0 Å². The number of hydrogen-bond donors (Lipinski definition) is 1. The Kier molecular flexibility index (Phi) is 4.32. The second-order valence-electron chi connectivity index (χ2n) is 4.45. The van der Waals surface area contributed by atoms with Gasteiger partial charge in [-0.2, -0.15) is 4.31 Å². The van der Waals surface area contributed by atoms with Gasteiger partial charge in [0.1, 0.15) is 0 Å². The number of sulfonamides is 1. The van der Waals surface area contributed by atoms with E-state index in [2.05, 4.69) is 0 Å². The van der Waals surface area contributed by atoms with Crippen molar-refractivity contribution in [2.45, 2.75) is 50.8 Å². The van der Waals surface area contributed by atoms with Gasteiger partial charge < -0.3 is 5.11 Å². The van der Waals surface area contributed by atoms with Crippen molar-refractivity contribution in [3.05, 3.63) is 0 Å². The first-order valence-electron chi connectivity index (χ1n) is 5.58. The van der Waals surface area contributed by atoms with Crippen molar-refractivity contribution in [2.24, 2.45) is 0 Å². The number of carboxylic acid groups (broad SMARTS) is 1. The first-order chi connectivity index (χ1) is 7.35. The molecule has 1 atom stereocenters. The van der Waals surface area contributed by atoms with Crippen LogP contribution in [0.15, 0.2) is 0 Å². The van der Waals surface area contributed by atoms with Gasteiger partial charge in [-0.3, -0.25) is 4.79 Å². The van der Waals surface area contributed by atoms with Crippen LogP contribution in [0, 0.1) is 0 Å². The molecule has 1 aliphatic heterocycles. The third-order valence-corrected chi connectivity index (χ3v) is 5.23. The molecule has 5 nitrogen and oxygen atoms in total. The maximum Gasteiger partial charge on any atom is 0.304 e. The maximum atomic E-state index is 12.0. The first-order valence-corrected chi connectivity index (χ1v) is 7.08. The molecule has 94 valence electrons. The molecular weight excluding hydrogens is 230 g/mol. The van der Waals surface area contributed by atoms with Gasteiger partial charge in [-0.1, -0.05) is 6.42 Å². The van der Waals surface area contributed by atoms with Gasteiger partial charge in [0.05, 0.1) is 11.7 Å². The van der Waals surface area contributed by atoms with Crippen molar-refractivity contribution in [3.63, 3.8) is 0 Å². The van der Waals surface area contributed by atoms with Crippen LogP contribution in [0.2, 0.25) is 0 Å². The predicted molar refractivity (Wildman–Crippen MR) is 60.7 cm³/mol. The molecule has 16 heavy (non-hydrogen) atoms. The van der Waals surface area contributed by atoms with Crippen LogP contribution in [-0.2, 0) is 14.8 Å². The van der Waals surface area contributed by atoms with E-state index in [-0.39, 0.29) is 12.5 Å². The monoisotopic (exact) mass is 249 g/mol. The molecule has 0 amide bonds. The summed E-state index contributed by atoms with van der Waals surface area (Å²) in [7, 11) is -3.32. The Labute approximate surface area is 96.5 Å². The van der Waals surface area contributed by atoms with Crippen LogP contribution in [-0.4, -0.2) is 41.6 Å². The lowest BCUT2D eigenvalue weighted by Gasteiger charge is -2.35. The van der Waals surface area contributed by atoms with Crippen molar-refractivity contribution in [3.8, 4) is 0 Å². The zero-order chi connectivity index (χ0) is 12.3.